The maximum Gasteiger partial charge on any atom is 0.276 e. The summed E-state index contributed by atoms with van der Waals surface area (Å²) >= 11 is 0. The third-order valence-electron chi connectivity index (χ3n) is 4.70. The summed E-state index contributed by atoms with van der Waals surface area (Å²) < 4.78 is 12.9. The molecule has 27 heavy (non-hydrogen) atoms. The normalized spacial score (nSPS) is 15.4. The van der Waals surface area contributed by atoms with Crippen LogP contribution in [0.15, 0.2) is 41.2 Å². The zero-order valence-corrected chi connectivity index (χ0v) is 15.7. The van der Waals surface area contributed by atoms with Gasteiger partial charge < -0.3 is 14.2 Å². The van der Waals surface area contributed by atoms with Crippen LogP contribution in [0.5, 0.6) is 5.75 Å². The Balaban J connectivity index is 1.46. The highest BCUT2D eigenvalue weighted by atomic mass is 16.5. The van der Waals surface area contributed by atoms with Crippen LogP contribution < -0.4 is 4.74 Å². The summed E-state index contributed by atoms with van der Waals surface area (Å²) in [6, 6.07) is 7.74. The number of nitrogens with zero attached hydrogens (tertiary/aromatic N) is 4. The van der Waals surface area contributed by atoms with Crippen molar-refractivity contribution in [3.05, 3.63) is 53.5 Å². The molecule has 1 aromatic carbocycles. The minimum absolute atomic E-state index is 0.182. The molecule has 4 rings (SSSR count). The van der Waals surface area contributed by atoms with Crippen LogP contribution in [-0.4, -0.2) is 38.9 Å². The van der Waals surface area contributed by atoms with Crippen molar-refractivity contribution in [1.82, 2.24) is 19.8 Å². The number of ether oxygens (including phenoxy) is 1. The second-order valence-electron chi connectivity index (χ2n) is 6.90. The molecular formula is C20H22N4O3. The molecule has 0 N–H and O–H groups in total. The molecule has 1 atom stereocenters. The topological polar surface area (TPSA) is 73.4 Å². The highest BCUT2D eigenvalue weighted by Crippen LogP contribution is 2.29. The average Bonchev–Trinajstić information content (AvgIpc) is 3.38. The lowest BCUT2D eigenvalue weighted by Crippen LogP contribution is -2.26. The molecule has 0 fully saturated rings. The number of benzene rings is 1. The van der Waals surface area contributed by atoms with Crippen LogP contribution >= 0.6 is 0 Å². The highest BCUT2D eigenvalue weighted by Gasteiger charge is 2.21. The highest BCUT2D eigenvalue weighted by molar-refractivity contribution is 5.92. The van der Waals surface area contributed by atoms with E-state index in [1.807, 2.05) is 25.3 Å². The van der Waals surface area contributed by atoms with Gasteiger partial charge in [0.15, 0.2) is 11.5 Å². The minimum atomic E-state index is -0.182. The molecular weight excluding hydrogens is 344 g/mol. The molecule has 0 radical (unpaired) electrons. The van der Waals surface area contributed by atoms with Crippen molar-refractivity contribution >= 4 is 5.91 Å². The van der Waals surface area contributed by atoms with Crippen molar-refractivity contribution in [3.8, 4) is 17.1 Å². The Kier molecular flexibility index (Phi) is 4.43. The quantitative estimate of drug-likeness (QED) is 0.693. The molecule has 0 spiro atoms. The first-order valence-corrected chi connectivity index (χ1v) is 9.07. The molecule has 7 nitrogen and oxygen atoms in total. The van der Waals surface area contributed by atoms with E-state index in [-0.39, 0.29) is 17.7 Å². The van der Waals surface area contributed by atoms with Crippen LogP contribution in [0.4, 0.5) is 0 Å². The van der Waals surface area contributed by atoms with E-state index in [9.17, 15) is 4.79 Å². The van der Waals surface area contributed by atoms with E-state index in [0.29, 0.717) is 12.3 Å². The molecule has 2 aromatic heterocycles. The molecule has 3 heterocycles. The van der Waals surface area contributed by atoms with Crippen LogP contribution in [-0.2, 0) is 19.5 Å². The van der Waals surface area contributed by atoms with E-state index in [4.69, 9.17) is 9.26 Å². The number of amides is 1. The number of hydrogen-bond donors (Lipinski definition) is 0. The summed E-state index contributed by atoms with van der Waals surface area (Å²) in [5, 5.41) is 8.15. The molecule has 3 aromatic rings. The Morgan fingerprint density at radius 1 is 1.37 bits per heavy atom. The molecule has 0 unspecified atom stereocenters. The third-order valence-corrected chi connectivity index (χ3v) is 4.70. The van der Waals surface area contributed by atoms with E-state index in [1.54, 1.807) is 28.9 Å². The Hall–Kier alpha value is -3.09. The Bertz CT molecular complexity index is 975. The Morgan fingerprint density at radius 3 is 3.00 bits per heavy atom. The van der Waals surface area contributed by atoms with Gasteiger partial charge in [0.1, 0.15) is 11.9 Å². The van der Waals surface area contributed by atoms with Crippen molar-refractivity contribution in [2.45, 2.75) is 39.5 Å². The van der Waals surface area contributed by atoms with Crippen LogP contribution in [0, 0.1) is 0 Å². The van der Waals surface area contributed by atoms with E-state index in [2.05, 4.69) is 23.2 Å². The molecule has 0 bridgehead atoms. The Morgan fingerprint density at radius 2 is 2.22 bits per heavy atom. The van der Waals surface area contributed by atoms with Gasteiger partial charge in [-0.25, -0.2) is 0 Å². The van der Waals surface area contributed by atoms with Gasteiger partial charge >= 0.3 is 0 Å². The van der Waals surface area contributed by atoms with Gasteiger partial charge in [-0.3, -0.25) is 9.48 Å². The maximum atomic E-state index is 12.7. The second kappa shape index (κ2) is 6.90. The van der Waals surface area contributed by atoms with Crippen LogP contribution in [0.2, 0.25) is 0 Å². The molecule has 0 saturated carbocycles. The van der Waals surface area contributed by atoms with Crippen LogP contribution in [0.25, 0.3) is 11.3 Å². The van der Waals surface area contributed by atoms with Crippen molar-refractivity contribution in [1.29, 1.82) is 0 Å². The minimum Gasteiger partial charge on any atom is -0.490 e. The SMILES string of the molecule is CCn1cc(-c2cc(C(=O)N(C)Cc3ccc4c(c3)C[C@@H](C)O4)no2)cn1. The maximum absolute atomic E-state index is 12.7. The van der Waals surface area contributed by atoms with Crippen molar-refractivity contribution < 1.29 is 14.1 Å². The number of carbonyl (C=O) groups excluding carboxylic acids is 1. The number of carbonyl (C=O) groups is 1. The fraction of sp³-hybridized carbons (Fsp3) is 0.350. The number of aromatic nitrogens is 3. The summed E-state index contributed by atoms with van der Waals surface area (Å²) in [4.78, 5) is 14.3. The van der Waals surface area contributed by atoms with Gasteiger partial charge in [0.2, 0.25) is 0 Å². The zero-order valence-electron chi connectivity index (χ0n) is 15.7. The van der Waals surface area contributed by atoms with E-state index >= 15 is 0 Å². The molecule has 140 valence electrons. The van der Waals surface area contributed by atoms with Gasteiger partial charge in [0.25, 0.3) is 5.91 Å². The zero-order chi connectivity index (χ0) is 19.0. The van der Waals surface area contributed by atoms with Gasteiger partial charge in [-0.05, 0) is 31.0 Å². The molecule has 0 saturated heterocycles. The lowest BCUT2D eigenvalue weighted by atomic mass is 10.1. The molecule has 7 heteroatoms. The number of rotatable bonds is 5. The summed E-state index contributed by atoms with van der Waals surface area (Å²) in [5.41, 5.74) is 3.35. The van der Waals surface area contributed by atoms with E-state index < -0.39 is 0 Å². The smallest absolute Gasteiger partial charge is 0.276 e. The van der Waals surface area contributed by atoms with Gasteiger partial charge in [0.05, 0.1) is 11.8 Å². The van der Waals surface area contributed by atoms with Crippen LogP contribution in [0.1, 0.15) is 35.5 Å². The fourth-order valence-corrected chi connectivity index (χ4v) is 3.29. The summed E-state index contributed by atoms with van der Waals surface area (Å²) in [7, 11) is 1.76. The molecule has 1 aliphatic rings. The third kappa shape index (κ3) is 3.45. The molecule has 1 amide bonds. The predicted octanol–water partition coefficient (Wildman–Crippen LogP) is 3.15. The lowest BCUT2D eigenvalue weighted by Gasteiger charge is -2.16. The monoisotopic (exact) mass is 366 g/mol. The number of aryl methyl sites for hydroxylation is 1. The summed E-state index contributed by atoms with van der Waals surface area (Å²) in [5.74, 6) is 1.29. The van der Waals surface area contributed by atoms with Crippen LogP contribution in [0.3, 0.4) is 0 Å². The van der Waals surface area contributed by atoms with E-state index in [0.717, 1.165) is 29.8 Å². The summed E-state index contributed by atoms with van der Waals surface area (Å²) in [6.45, 7) is 5.33. The standard InChI is InChI=1S/C20H22N4O3/c1-4-24-12-16(10-21-24)19-9-17(22-27-19)20(25)23(3)11-14-5-6-18-15(8-14)7-13(2)26-18/h5-6,8-10,12-13H,4,7,11H2,1-3H3/t13-/m1/s1. The van der Waals surface area contributed by atoms with Gasteiger partial charge in [-0.2, -0.15) is 5.10 Å². The first kappa shape index (κ1) is 17.3. The first-order chi connectivity index (χ1) is 13.0. The largest absolute Gasteiger partial charge is 0.490 e. The Labute approximate surface area is 157 Å². The van der Waals surface area contributed by atoms with Crippen molar-refractivity contribution in [2.75, 3.05) is 7.05 Å². The van der Waals surface area contributed by atoms with Gasteiger partial charge in [-0.1, -0.05) is 17.3 Å². The molecule has 0 aliphatic carbocycles. The molecule has 1 aliphatic heterocycles. The number of hydrogen-bond acceptors (Lipinski definition) is 5. The summed E-state index contributed by atoms with van der Waals surface area (Å²) in [6.07, 6.45) is 4.68. The van der Waals surface area contributed by atoms with E-state index in [1.165, 1.54) is 5.56 Å². The second-order valence-corrected chi connectivity index (χ2v) is 6.90. The first-order valence-electron chi connectivity index (χ1n) is 9.07. The van der Waals surface area contributed by atoms with Crippen molar-refractivity contribution in [2.24, 2.45) is 0 Å². The number of fused-ring (bicyclic) bond motifs is 1. The predicted molar refractivity (Wildman–Crippen MR) is 99.4 cm³/mol. The van der Waals surface area contributed by atoms with Crippen molar-refractivity contribution in [3.63, 3.8) is 0 Å². The average molecular weight is 366 g/mol. The van der Waals surface area contributed by atoms with Gasteiger partial charge in [-0.15, -0.1) is 0 Å². The van der Waals surface area contributed by atoms with Gasteiger partial charge in [0, 0.05) is 38.8 Å². The lowest BCUT2D eigenvalue weighted by molar-refractivity contribution is 0.0775. The fourth-order valence-electron chi connectivity index (χ4n) is 3.29.